The smallest absolute Gasteiger partial charge is 0.326 e. The minimum absolute atomic E-state index is 0.0290. The van der Waals surface area contributed by atoms with E-state index < -0.39 is 72.6 Å². The Labute approximate surface area is 194 Å². The Balaban J connectivity index is 5.29. The molecule has 16 heteroatoms. The molecule has 0 saturated heterocycles. The lowest BCUT2D eigenvalue weighted by Crippen LogP contribution is -2.56. The number of guanidine groups is 1. The van der Waals surface area contributed by atoms with Gasteiger partial charge in [0.05, 0.1) is 12.5 Å². The number of aliphatic imine (C=N–C) groups is 1. The Morgan fingerprint density at radius 2 is 1.41 bits per heavy atom. The Bertz CT molecular complexity index is 799. The fraction of sp³-hybridized carbons (Fsp3) is 0.611. The number of hydrogen-bond donors (Lipinski definition) is 9. The number of carbonyl (C=O) groups is 6. The van der Waals surface area contributed by atoms with Crippen LogP contribution in [0.5, 0.6) is 0 Å². The second kappa shape index (κ2) is 15.0. The van der Waals surface area contributed by atoms with Crippen LogP contribution in [0.4, 0.5) is 0 Å². The van der Waals surface area contributed by atoms with Crippen LogP contribution in [0.1, 0.15) is 39.0 Å². The van der Waals surface area contributed by atoms with Crippen LogP contribution in [0.2, 0.25) is 0 Å². The van der Waals surface area contributed by atoms with Crippen molar-refractivity contribution in [2.75, 3.05) is 6.54 Å². The highest BCUT2D eigenvalue weighted by Gasteiger charge is 2.29. The van der Waals surface area contributed by atoms with Crippen LogP contribution in [0.15, 0.2) is 4.99 Å². The summed E-state index contributed by atoms with van der Waals surface area (Å²) in [6, 6.07) is -5.42. The van der Waals surface area contributed by atoms with Crippen molar-refractivity contribution >= 4 is 41.6 Å². The Hall–Kier alpha value is -3.95. The SMILES string of the molecule is CC(NC(=O)C(N)CC(=O)O)C(=O)NC(CCCN=C(N)N)C(=O)NC(CCC(=O)O)C(=O)O. The molecular weight excluding hydrogens is 458 g/mol. The van der Waals surface area contributed by atoms with Gasteiger partial charge in [0.2, 0.25) is 17.7 Å². The van der Waals surface area contributed by atoms with Crippen LogP contribution in [-0.2, 0) is 28.8 Å². The zero-order valence-electron chi connectivity index (χ0n) is 18.5. The zero-order chi connectivity index (χ0) is 26.4. The molecule has 34 heavy (non-hydrogen) atoms. The van der Waals surface area contributed by atoms with Crippen molar-refractivity contribution < 1.29 is 44.1 Å². The number of carboxylic acid groups (broad SMARTS) is 3. The highest BCUT2D eigenvalue weighted by molar-refractivity contribution is 5.94. The van der Waals surface area contributed by atoms with Crippen molar-refractivity contribution in [2.24, 2.45) is 22.2 Å². The predicted octanol–water partition coefficient (Wildman–Crippen LogP) is -3.73. The largest absolute Gasteiger partial charge is 0.481 e. The fourth-order valence-corrected chi connectivity index (χ4v) is 2.53. The third-order valence-electron chi connectivity index (χ3n) is 4.32. The topological polar surface area (TPSA) is 290 Å². The number of carbonyl (C=O) groups excluding carboxylic acids is 3. The quantitative estimate of drug-likeness (QED) is 0.0574. The van der Waals surface area contributed by atoms with E-state index >= 15 is 0 Å². The molecule has 0 aromatic heterocycles. The van der Waals surface area contributed by atoms with Crippen molar-refractivity contribution in [1.82, 2.24) is 16.0 Å². The van der Waals surface area contributed by atoms with E-state index in [2.05, 4.69) is 20.9 Å². The Kier molecular flexibility index (Phi) is 13.2. The first kappa shape index (κ1) is 30.1. The summed E-state index contributed by atoms with van der Waals surface area (Å²) < 4.78 is 0. The molecule has 0 fully saturated rings. The van der Waals surface area contributed by atoms with E-state index in [1.165, 1.54) is 6.92 Å². The van der Waals surface area contributed by atoms with E-state index in [1.807, 2.05) is 0 Å². The van der Waals surface area contributed by atoms with Crippen LogP contribution >= 0.6 is 0 Å². The molecular formula is C18H31N7O9. The van der Waals surface area contributed by atoms with Crippen molar-refractivity contribution in [3.63, 3.8) is 0 Å². The number of aliphatic carboxylic acids is 3. The summed E-state index contributed by atoms with van der Waals surface area (Å²) in [5.41, 5.74) is 15.9. The Morgan fingerprint density at radius 3 is 1.91 bits per heavy atom. The molecule has 12 N–H and O–H groups in total. The number of carboxylic acids is 3. The van der Waals surface area contributed by atoms with Gasteiger partial charge in [-0.15, -0.1) is 0 Å². The molecule has 0 aliphatic carbocycles. The van der Waals surface area contributed by atoms with Crippen LogP contribution < -0.4 is 33.2 Å². The molecule has 0 bridgehead atoms. The lowest BCUT2D eigenvalue weighted by atomic mass is 10.1. The van der Waals surface area contributed by atoms with E-state index in [1.54, 1.807) is 0 Å². The molecule has 0 spiro atoms. The summed E-state index contributed by atoms with van der Waals surface area (Å²) in [5, 5.41) is 33.4. The summed E-state index contributed by atoms with van der Waals surface area (Å²) in [7, 11) is 0. The summed E-state index contributed by atoms with van der Waals surface area (Å²) >= 11 is 0. The number of nitrogens with zero attached hydrogens (tertiary/aromatic N) is 1. The van der Waals surface area contributed by atoms with E-state index in [9.17, 15) is 33.9 Å². The molecule has 0 aliphatic heterocycles. The average molecular weight is 489 g/mol. The number of hydrogen-bond acceptors (Lipinski definition) is 8. The van der Waals surface area contributed by atoms with Crippen molar-refractivity contribution in [3.05, 3.63) is 0 Å². The minimum Gasteiger partial charge on any atom is -0.481 e. The van der Waals surface area contributed by atoms with Gasteiger partial charge in [0.1, 0.15) is 18.1 Å². The van der Waals surface area contributed by atoms with Gasteiger partial charge in [0, 0.05) is 13.0 Å². The molecule has 4 atom stereocenters. The molecule has 3 amide bonds. The van der Waals surface area contributed by atoms with Crippen LogP contribution in [0, 0.1) is 0 Å². The van der Waals surface area contributed by atoms with Crippen molar-refractivity contribution in [2.45, 2.75) is 63.2 Å². The second-order valence-electron chi connectivity index (χ2n) is 7.28. The highest BCUT2D eigenvalue weighted by Crippen LogP contribution is 2.04. The maximum absolute atomic E-state index is 12.6. The highest BCUT2D eigenvalue weighted by atomic mass is 16.4. The number of nitrogens with one attached hydrogen (secondary N) is 3. The standard InChI is InChI=1S/C18H31N7O9/c1-8(23-15(31)9(19)7-13(28)29)14(30)24-10(3-2-6-22-18(20)21)16(32)25-11(17(33)34)4-5-12(26)27/h8-11H,2-7,19H2,1H3,(H,23,31)(H,24,30)(H,25,32)(H,26,27)(H,28,29)(H,33,34)(H4,20,21,22). The normalized spacial score (nSPS) is 13.9. The molecule has 0 heterocycles. The lowest BCUT2D eigenvalue weighted by Gasteiger charge is -2.23. The van der Waals surface area contributed by atoms with Gasteiger partial charge < -0.3 is 48.5 Å². The third kappa shape index (κ3) is 12.8. The van der Waals surface area contributed by atoms with Gasteiger partial charge in [-0.3, -0.25) is 29.0 Å². The molecule has 0 rings (SSSR count). The maximum Gasteiger partial charge on any atom is 0.326 e. The van der Waals surface area contributed by atoms with Crippen molar-refractivity contribution in [3.8, 4) is 0 Å². The lowest BCUT2D eigenvalue weighted by molar-refractivity contribution is -0.143. The minimum atomic E-state index is -1.52. The molecule has 0 aromatic carbocycles. The van der Waals surface area contributed by atoms with Gasteiger partial charge >= 0.3 is 17.9 Å². The monoisotopic (exact) mass is 489 g/mol. The Morgan fingerprint density at radius 1 is 0.824 bits per heavy atom. The molecule has 16 nitrogen and oxygen atoms in total. The van der Waals surface area contributed by atoms with E-state index in [0.29, 0.717) is 0 Å². The van der Waals surface area contributed by atoms with Gasteiger partial charge in [0.15, 0.2) is 5.96 Å². The fourth-order valence-electron chi connectivity index (χ4n) is 2.53. The maximum atomic E-state index is 12.6. The first-order valence-electron chi connectivity index (χ1n) is 10.1. The molecule has 0 aliphatic rings. The molecule has 4 unspecified atom stereocenters. The summed E-state index contributed by atoms with van der Waals surface area (Å²) in [4.78, 5) is 73.5. The summed E-state index contributed by atoms with van der Waals surface area (Å²) in [6.07, 6.45) is -1.40. The molecule has 192 valence electrons. The summed E-state index contributed by atoms with van der Waals surface area (Å²) in [6.45, 7) is 1.36. The molecule has 0 radical (unpaired) electrons. The second-order valence-corrected chi connectivity index (χ2v) is 7.28. The molecule has 0 aromatic rings. The number of rotatable bonds is 16. The first-order valence-corrected chi connectivity index (χ1v) is 10.1. The van der Waals surface area contributed by atoms with Gasteiger partial charge in [-0.05, 0) is 26.2 Å². The zero-order valence-corrected chi connectivity index (χ0v) is 18.5. The molecule has 0 saturated carbocycles. The number of amides is 3. The summed E-state index contributed by atoms with van der Waals surface area (Å²) in [5.74, 6) is -6.88. The van der Waals surface area contributed by atoms with Crippen LogP contribution in [-0.4, -0.2) is 87.6 Å². The van der Waals surface area contributed by atoms with Gasteiger partial charge in [-0.2, -0.15) is 0 Å². The van der Waals surface area contributed by atoms with Gasteiger partial charge in [-0.25, -0.2) is 4.79 Å². The van der Waals surface area contributed by atoms with Crippen molar-refractivity contribution in [1.29, 1.82) is 0 Å². The average Bonchev–Trinajstić information content (AvgIpc) is 2.71. The van der Waals surface area contributed by atoms with Gasteiger partial charge in [-0.1, -0.05) is 0 Å². The van der Waals surface area contributed by atoms with E-state index in [0.717, 1.165) is 0 Å². The van der Waals surface area contributed by atoms with Gasteiger partial charge in [0.25, 0.3) is 0 Å². The third-order valence-corrected chi connectivity index (χ3v) is 4.32. The van der Waals surface area contributed by atoms with E-state index in [-0.39, 0.29) is 31.8 Å². The van der Waals surface area contributed by atoms with Crippen LogP contribution in [0.3, 0.4) is 0 Å². The van der Waals surface area contributed by atoms with E-state index in [4.69, 9.17) is 27.4 Å². The van der Waals surface area contributed by atoms with Crippen LogP contribution in [0.25, 0.3) is 0 Å². The first-order chi connectivity index (χ1) is 15.7. The number of nitrogens with two attached hydrogens (primary N) is 3. The predicted molar refractivity (Wildman–Crippen MR) is 116 cm³/mol.